The summed E-state index contributed by atoms with van der Waals surface area (Å²) >= 11 is 0. The first-order chi connectivity index (χ1) is 15.1. The molecule has 3 N–H and O–H groups in total. The maximum Gasteiger partial charge on any atom is 0.191 e. The van der Waals surface area contributed by atoms with Gasteiger partial charge in [0.15, 0.2) is 5.96 Å². The molecule has 3 heterocycles. The number of guanidine groups is 1. The van der Waals surface area contributed by atoms with Crippen molar-refractivity contribution in [1.82, 2.24) is 20.6 Å². The predicted octanol–water partition coefficient (Wildman–Crippen LogP) is 4.63. The van der Waals surface area contributed by atoms with Crippen LogP contribution < -0.4 is 15.5 Å². The van der Waals surface area contributed by atoms with Gasteiger partial charge in [-0.2, -0.15) is 0 Å². The van der Waals surface area contributed by atoms with Crippen molar-refractivity contribution in [1.29, 1.82) is 0 Å². The number of aromatic amines is 1. The van der Waals surface area contributed by atoms with Crippen molar-refractivity contribution < 1.29 is 0 Å². The largest absolute Gasteiger partial charge is 0.361 e. The molecule has 32 heavy (non-hydrogen) atoms. The zero-order valence-electron chi connectivity index (χ0n) is 19.3. The normalized spacial score (nSPS) is 15.0. The minimum absolute atomic E-state index is 0. The number of hydrogen-bond acceptors (Lipinski definition) is 3. The van der Waals surface area contributed by atoms with E-state index in [-0.39, 0.29) is 24.0 Å². The van der Waals surface area contributed by atoms with Crippen LogP contribution in [0.5, 0.6) is 0 Å². The molecule has 4 rings (SSSR count). The summed E-state index contributed by atoms with van der Waals surface area (Å²) < 4.78 is 0. The van der Waals surface area contributed by atoms with Crippen molar-refractivity contribution in [2.24, 2.45) is 10.9 Å². The summed E-state index contributed by atoms with van der Waals surface area (Å²) in [5.41, 5.74) is 4.96. The number of nitrogens with zero attached hydrogens (tertiary/aromatic N) is 3. The van der Waals surface area contributed by atoms with Gasteiger partial charge in [-0.25, -0.2) is 4.98 Å². The molecule has 1 fully saturated rings. The fourth-order valence-corrected chi connectivity index (χ4v) is 4.17. The van der Waals surface area contributed by atoms with E-state index < -0.39 is 0 Å². The zero-order chi connectivity index (χ0) is 21.6. The predicted molar refractivity (Wildman–Crippen MR) is 145 cm³/mol. The summed E-state index contributed by atoms with van der Waals surface area (Å²) in [6.07, 6.45) is 7.53. The number of rotatable bonds is 6. The Labute approximate surface area is 208 Å². The molecule has 1 aromatic carbocycles. The number of halogens is 1. The summed E-state index contributed by atoms with van der Waals surface area (Å²) in [7, 11) is 1.81. The first-order valence-electron chi connectivity index (χ1n) is 11.3. The molecule has 7 heteroatoms. The fraction of sp³-hybridized carbons (Fsp3) is 0.440. The molecule has 172 valence electrons. The highest BCUT2D eigenvalue weighted by atomic mass is 127. The van der Waals surface area contributed by atoms with Crippen LogP contribution in [0.4, 0.5) is 5.82 Å². The fourth-order valence-electron chi connectivity index (χ4n) is 4.17. The molecule has 0 saturated carbocycles. The van der Waals surface area contributed by atoms with Gasteiger partial charge < -0.3 is 20.5 Å². The van der Waals surface area contributed by atoms with E-state index >= 15 is 0 Å². The Morgan fingerprint density at radius 3 is 2.72 bits per heavy atom. The van der Waals surface area contributed by atoms with Crippen LogP contribution in [0.1, 0.15) is 36.5 Å². The first kappa shape index (κ1) is 24.4. The van der Waals surface area contributed by atoms with Crippen molar-refractivity contribution in [3.8, 4) is 0 Å². The van der Waals surface area contributed by atoms with Crippen LogP contribution in [0.2, 0.25) is 0 Å². The molecule has 0 radical (unpaired) electrons. The third-order valence-corrected chi connectivity index (χ3v) is 6.21. The summed E-state index contributed by atoms with van der Waals surface area (Å²) in [5, 5.41) is 8.11. The number of aryl methyl sites for hydroxylation is 1. The molecule has 0 spiro atoms. The van der Waals surface area contributed by atoms with Gasteiger partial charge in [0, 0.05) is 56.5 Å². The summed E-state index contributed by atoms with van der Waals surface area (Å²) in [5.74, 6) is 2.73. The highest BCUT2D eigenvalue weighted by molar-refractivity contribution is 14.0. The van der Waals surface area contributed by atoms with Crippen LogP contribution in [-0.2, 0) is 13.0 Å². The lowest BCUT2D eigenvalue weighted by Gasteiger charge is -2.31. The van der Waals surface area contributed by atoms with E-state index in [9.17, 15) is 0 Å². The van der Waals surface area contributed by atoms with E-state index in [0.29, 0.717) is 6.54 Å². The van der Waals surface area contributed by atoms with Crippen LogP contribution in [0.3, 0.4) is 0 Å². The summed E-state index contributed by atoms with van der Waals surface area (Å²) in [4.78, 5) is 14.8. The van der Waals surface area contributed by atoms with Crippen molar-refractivity contribution in [2.75, 3.05) is 31.6 Å². The zero-order valence-corrected chi connectivity index (χ0v) is 21.6. The highest BCUT2D eigenvalue weighted by Crippen LogP contribution is 2.21. The quantitative estimate of drug-likeness (QED) is 0.240. The number of anilines is 1. The topological polar surface area (TPSA) is 68.3 Å². The van der Waals surface area contributed by atoms with Gasteiger partial charge in [-0.05, 0) is 60.9 Å². The lowest BCUT2D eigenvalue weighted by atomic mass is 9.99. The molecule has 1 saturated heterocycles. The Bertz CT molecular complexity index is 1020. The SMILES string of the molecule is CN=C(NCCc1c[nH]c2cc(C)ccc12)NCc1ccc(N2CCC(C)CC2)nc1.I. The minimum Gasteiger partial charge on any atom is -0.361 e. The van der Waals surface area contributed by atoms with E-state index in [0.717, 1.165) is 49.3 Å². The number of H-pyrrole nitrogens is 1. The third kappa shape index (κ3) is 6.15. The van der Waals surface area contributed by atoms with Crippen molar-refractivity contribution in [3.05, 3.63) is 59.4 Å². The van der Waals surface area contributed by atoms with Gasteiger partial charge in [0.25, 0.3) is 0 Å². The lowest BCUT2D eigenvalue weighted by molar-refractivity contribution is 0.436. The standard InChI is InChI=1S/C25H34N6.HI/c1-18-9-12-31(13-10-18)24-7-5-20(15-29-24)16-30-25(26-3)27-11-8-21-17-28-23-14-19(2)4-6-22(21)23;/h4-7,14-15,17-18,28H,8-13,16H2,1-3H3,(H2,26,27,30);1H. The molecule has 2 aromatic heterocycles. The Balaban J connectivity index is 0.00000289. The van der Waals surface area contributed by atoms with Crippen molar-refractivity contribution >= 4 is 46.7 Å². The molecule has 1 aliphatic rings. The van der Waals surface area contributed by atoms with E-state index in [4.69, 9.17) is 0 Å². The van der Waals surface area contributed by atoms with Gasteiger partial charge in [0.05, 0.1) is 0 Å². The average molecular weight is 547 g/mol. The van der Waals surface area contributed by atoms with Gasteiger partial charge in [-0.1, -0.05) is 25.1 Å². The van der Waals surface area contributed by atoms with Crippen LogP contribution in [0.15, 0.2) is 47.7 Å². The van der Waals surface area contributed by atoms with E-state index in [1.54, 1.807) is 0 Å². The third-order valence-electron chi connectivity index (χ3n) is 6.21. The maximum absolute atomic E-state index is 4.68. The minimum atomic E-state index is 0. The molecule has 0 bridgehead atoms. The van der Waals surface area contributed by atoms with Crippen LogP contribution in [0, 0.1) is 12.8 Å². The van der Waals surface area contributed by atoms with Crippen molar-refractivity contribution in [3.63, 3.8) is 0 Å². The number of hydrogen-bond donors (Lipinski definition) is 3. The molecule has 0 unspecified atom stereocenters. The van der Waals surface area contributed by atoms with E-state index in [1.807, 2.05) is 13.2 Å². The van der Waals surface area contributed by atoms with Crippen LogP contribution in [0.25, 0.3) is 10.9 Å². The number of nitrogens with one attached hydrogen (secondary N) is 3. The van der Waals surface area contributed by atoms with Gasteiger partial charge in [0.1, 0.15) is 5.82 Å². The number of piperidine rings is 1. The lowest BCUT2D eigenvalue weighted by Crippen LogP contribution is -2.38. The Kier molecular flexibility index (Phi) is 8.78. The highest BCUT2D eigenvalue weighted by Gasteiger charge is 2.16. The molecule has 0 atom stereocenters. The van der Waals surface area contributed by atoms with Gasteiger partial charge in [-0.15, -0.1) is 24.0 Å². The second-order valence-electron chi connectivity index (χ2n) is 8.66. The van der Waals surface area contributed by atoms with Gasteiger partial charge in [-0.3, -0.25) is 4.99 Å². The number of aliphatic imine (C=N–C) groups is 1. The smallest absolute Gasteiger partial charge is 0.191 e. The Hall–Kier alpha value is -2.29. The molecule has 1 aliphatic heterocycles. The van der Waals surface area contributed by atoms with Gasteiger partial charge >= 0.3 is 0 Å². The number of fused-ring (bicyclic) bond motifs is 1. The van der Waals surface area contributed by atoms with Crippen LogP contribution in [-0.4, -0.2) is 42.6 Å². The average Bonchev–Trinajstić information content (AvgIpc) is 3.19. The number of aromatic nitrogens is 2. The Morgan fingerprint density at radius 2 is 2.00 bits per heavy atom. The van der Waals surface area contributed by atoms with Crippen molar-refractivity contribution in [2.45, 2.75) is 39.7 Å². The number of benzene rings is 1. The second-order valence-corrected chi connectivity index (χ2v) is 8.66. The van der Waals surface area contributed by atoms with Gasteiger partial charge in [0.2, 0.25) is 0 Å². The summed E-state index contributed by atoms with van der Waals surface area (Å²) in [6.45, 7) is 8.20. The molecule has 0 aliphatic carbocycles. The van der Waals surface area contributed by atoms with E-state index in [2.05, 4.69) is 80.9 Å². The van der Waals surface area contributed by atoms with Crippen LogP contribution >= 0.6 is 24.0 Å². The monoisotopic (exact) mass is 546 g/mol. The maximum atomic E-state index is 4.68. The molecule has 3 aromatic rings. The second kappa shape index (κ2) is 11.5. The molecule has 6 nitrogen and oxygen atoms in total. The molecular weight excluding hydrogens is 511 g/mol. The van der Waals surface area contributed by atoms with E-state index in [1.165, 1.54) is 34.9 Å². The number of pyridine rings is 1. The Morgan fingerprint density at radius 1 is 1.19 bits per heavy atom. The molecular formula is C25H35IN6. The molecule has 0 amide bonds. The first-order valence-corrected chi connectivity index (χ1v) is 11.3. The summed E-state index contributed by atoms with van der Waals surface area (Å²) in [6, 6.07) is 10.9.